The fourth-order valence-electron chi connectivity index (χ4n) is 1.94. The standard InChI is InChI=1S/C17H17FO3/c1-11(2)13-4-6-14(7-5-13)21-10-12-3-8-16(18)15(9-12)17(19)20/h3-9,11H,10H2,1-2H3,(H,19,20). The number of hydrogen-bond acceptors (Lipinski definition) is 2. The van der Waals surface area contributed by atoms with E-state index >= 15 is 0 Å². The Morgan fingerprint density at radius 1 is 1.19 bits per heavy atom. The van der Waals surface area contributed by atoms with Gasteiger partial charge in [-0.2, -0.15) is 0 Å². The molecule has 2 aromatic rings. The first-order chi connectivity index (χ1) is 9.97. The minimum atomic E-state index is -1.28. The van der Waals surface area contributed by atoms with Crippen LogP contribution >= 0.6 is 0 Å². The van der Waals surface area contributed by atoms with Gasteiger partial charge in [0.2, 0.25) is 0 Å². The highest BCUT2D eigenvalue weighted by atomic mass is 19.1. The smallest absolute Gasteiger partial charge is 0.338 e. The van der Waals surface area contributed by atoms with Gasteiger partial charge in [0.05, 0.1) is 5.56 Å². The van der Waals surface area contributed by atoms with Gasteiger partial charge in [0.15, 0.2) is 0 Å². The topological polar surface area (TPSA) is 46.5 Å². The van der Waals surface area contributed by atoms with Crippen LogP contribution in [0.15, 0.2) is 42.5 Å². The lowest BCUT2D eigenvalue weighted by Gasteiger charge is -2.09. The molecule has 0 saturated heterocycles. The minimum absolute atomic E-state index is 0.196. The summed E-state index contributed by atoms with van der Waals surface area (Å²) in [5.74, 6) is -0.877. The van der Waals surface area contributed by atoms with Gasteiger partial charge in [0, 0.05) is 0 Å². The molecule has 0 heterocycles. The van der Waals surface area contributed by atoms with Crippen molar-refractivity contribution in [2.45, 2.75) is 26.4 Å². The van der Waals surface area contributed by atoms with Crippen molar-refractivity contribution >= 4 is 5.97 Å². The number of aromatic carboxylic acids is 1. The first-order valence-corrected chi connectivity index (χ1v) is 6.72. The van der Waals surface area contributed by atoms with E-state index in [-0.39, 0.29) is 12.2 Å². The van der Waals surface area contributed by atoms with E-state index in [1.807, 2.05) is 24.3 Å². The highest BCUT2D eigenvalue weighted by molar-refractivity contribution is 5.88. The molecule has 0 aliphatic carbocycles. The number of benzene rings is 2. The van der Waals surface area contributed by atoms with Gasteiger partial charge < -0.3 is 9.84 Å². The SMILES string of the molecule is CC(C)c1ccc(OCc2ccc(F)c(C(=O)O)c2)cc1. The molecule has 0 atom stereocenters. The number of hydrogen-bond donors (Lipinski definition) is 1. The van der Waals surface area contributed by atoms with Crippen LogP contribution in [0.4, 0.5) is 4.39 Å². The fourth-order valence-corrected chi connectivity index (χ4v) is 1.94. The molecule has 0 bridgehead atoms. The zero-order valence-corrected chi connectivity index (χ0v) is 12.0. The van der Waals surface area contributed by atoms with Crippen molar-refractivity contribution < 1.29 is 19.0 Å². The lowest BCUT2D eigenvalue weighted by Crippen LogP contribution is -2.03. The molecule has 3 nitrogen and oxygen atoms in total. The number of carboxylic acids is 1. The molecule has 0 radical (unpaired) electrons. The lowest BCUT2D eigenvalue weighted by molar-refractivity contribution is 0.0691. The van der Waals surface area contributed by atoms with Crippen LogP contribution in [0.3, 0.4) is 0 Å². The van der Waals surface area contributed by atoms with E-state index in [2.05, 4.69) is 13.8 Å². The summed E-state index contributed by atoms with van der Waals surface area (Å²) in [6, 6.07) is 11.7. The molecule has 2 aromatic carbocycles. The molecule has 0 fully saturated rings. The van der Waals surface area contributed by atoms with Gasteiger partial charge in [-0.25, -0.2) is 9.18 Å². The van der Waals surface area contributed by atoms with E-state index in [0.29, 0.717) is 17.2 Å². The molecule has 0 aliphatic heterocycles. The summed E-state index contributed by atoms with van der Waals surface area (Å²) in [5.41, 5.74) is 1.49. The zero-order chi connectivity index (χ0) is 15.4. The Morgan fingerprint density at radius 2 is 1.86 bits per heavy atom. The van der Waals surface area contributed by atoms with Crippen molar-refractivity contribution in [3.8, 4) is 5.75 Å². The Balaban J connectivity index is 2.06. The van der Waals surface area contributed by atoms with Crippen molar-refractivity contribution in [3.05, 3.63) is 65.0 Å². The third-order valence-electron chi connectivity index (χ3n) is 3.21. The summed E-state index contributed by atoms with van der Waals surface area (Å²) in [6.45, 7) is 4.42. The second kappa shape index (κ2) is 6.39. The summed E-state index contributed by atoms with van der Waals surface area (Å²) in [4.78, 5) is 10.9. The van der Waals surface area contributed by atoms with E-state index < -0.39 is 11.8 Å². The second-order valence-corrected chi connectivity index (χ2v) is 5.13. The number of rotatable bonds is 5. The maximum Gasteiger partial charge on any atom is 0.338 e. The molecule has 2 rings (SSSR count). The van der Waals surface area contributed by atoms with Gasteiger partial charge >= 0.3 is 5.97 Å². The van der Waals surface area contributed by atoms with Crippen LogP contribution in [0.25, 0.3) is 0 Å². The van der Waals surface area contributed by atoms with Gasteiger partial charge in [-0.05, 0) is 41.3 Å². The third kappa shape index (κ3) is 3.81. The van der Waals surface area contributed by atoms with Gasteiger partial charge in [0.25, 0.3) is 0 Å². The average molecular weight is 288 g/mol. The maximum absolute atomic E-state index is 13.3. The molecule has 0 aromatic heterocycles. The van der Waals surface area contributed by atoms with Crippen LogP contribution < -0.4 is 4.74 Å². The third-order valence-corrected chi connectivity index (χ3v) is 3.21. The van der Waals surface area contributed by atoms with E-state index in [0.717, 1.165) is 6.07 Å². The van der Waals surface area contributed by atoms with Crippen LogP contribution in [0.1, 0.15) is 41.3 Å². The van der Waals surface area contributed by atoms with E-state index in [1.165, 1.54) is 17.7 Å². The molecule has 110 valence electrons. The second-order valence-electron chi connectivity index (χ2n) is 5.13. The molecule has 0 saturated carbocycles. The van der Waals surface area contributed by atoms with Crippen LogP contribution in [0, 0.1) is 5.82 Å². The van der Waals surface area contributed by atoms with Crippen molar-refractivity contribution in [2.24, 2.45) is 0 Å². The molecule has 0 unspecified atom stereocenters. The minimum Gasteiger partial charge on any atom is -0.489 e. The lowest BCUT2D eigenvalue weighted by atomic mass is 10.0. The summed E-state index contributed by atoms with van der Waals surface area (Å²) in [5, 5.41) is 8.88. The quantitative estimate of drug-likeness (QED) is 0.895. The van der Waals surface area contributed by atoms with Crippen molar-refractivity contribution in [2.75, 3.05) is 0 Å². The average Bonchev–Trinajstić information content (AvgIpc) is 2.46. The van der Waals surface area contributed by atoms with Gasteiger partial charge in [-0.1, -0.05) is 32.0 Å². The Morgan fingerprint density at radius 3 is 2.43 bits per heavy atom. The summed E-state index contributed by atoms with van der Waals surface area (Å²) < 4.78 is 18.9. The fraction of sp³-hybridized carbons (Fsp3) is 0.235. The van der Waals surface area contributed by atoms with E-state index in [4.69, 9.17) is 9.84 Å². The number of carboxylic acid groups (broad SMARTS) is 1. The van der Waals surface area contributed by atoms with Crippen molar-refractivity contribution in [1.29, 1.82) is 0 Å². The highest BCUT2D eigenvalue weighted by Crippen LogP contribution is 2.20. The Labute approximate surface area is 123 Å². The molecule has 1 N–H and O–H groups in total. The van der Waals surface area contributed by atoms with Crippen molar-refractivity contribution in [3.63, 3.8) is 0 Å². The molecule has 0 amide bonds. The molecular weight excluding hydrogens is 271 g/mol. The van der Waals surface area contributed by atoms with Gasteiger partial charge in [-0.3, -0.25) is 0 Å². The predicted octanol–water partition coefficient (Wildman–Crippen LogP) is 4.23. The largest absolute Gasteiger partial charge is 0.489 e. The number of ether oxygens (including phenoxy) is 1. The Kier molecular flexibility index (Phi) is 4.58. The van der Waals surface area contributed by atoms with Gasteiger partial charge in [0.1, 0.15) is 18.2 Å². The predicted molar refractivity (Wildman–Crippen MR) is 78.2 cm³/mol. The maximum atomic E-state index is 13.3. The van der Waals surface area contributed by atoms with Gasteiger partial charge in [-0.15, -0.1) is 0 Å². The first kappa shape index (κ1) is 15.0. The van der Waals surface area contributed by atoms with Crippen LogP contribution in [0.5, 0.6) is 5.75 Å². The highest BCUT2D eigenvalue weighted by Gasteiger charge is 2.11. The number of halogens is 1. The molecule has 21 heavy (non-hydrogen) atoms. The van der Waals surface area contributed by atoms with Crippen LogP contribution in [0.2, 0.25) is 0 Å². The van der Waals surface area contributed by atoms with Crippen LogP contribution in [-0.4, -0.2) is 11.1 Å². The molecule has 4 heteroatoms. The van der Waals surface area contributed by atoms with Crippen LogP contribution in [-0.2, 0) is 6.61 Å². The monoisotopic (exact) mass is 288 g/mol. The van der Waals surface area contributed by atoms with Crippen molar-refractivity contribution in [1.82, 2.24) is 0 Å². The molecule has 0 spiro atoms. The summed E-state index contributed by atoms with van der Waals surface area (Å²) in [7, 11) is 0. The molecule has 0 aliphatic rings. The van der Waals surface area contributed by atoms with E-state index in [9.17, 15) is 9.18 Å². The Hall–Kier alpha value is -2.36. The zero-order valence-electron chi connectivity index (χ0n) is 12.0. The Bertz CT molecular complexity index is 633. The summed E-state index contributed by atoms with van der Waals surface area (Å²) in [6.07, 6.45) is 0. The number of carbonyl (C=O) groups is 1. The summed E-state index contributed by atoms with van der Waals surface area (Å²) >= 11 is 0. The first-order valence-electron chi connectivity index (χ1n) is 6.72. The normalized spacial score (nSPS) is 10.7. The van der Waals surface area contributed by atoms with E-state index in [1.54, 1.807) is 0 Å². The molecular formula is C17H17FO3.